The summed E-state index contributed by atoms with van der Waals surface area (Å²) in [5.41, 5.74) is 6.21. The lowest BCUT2D eigenvalue weighted by molar-refractivity contribution is 0.0885. The Bertz CT molecular complexity index is 440. The number of aromatic nitrogens is 1. The van der Waals surface area contributed by atoms with Crippen LogP contribution in [0.2, 0.25) is 0 Å². The fraction of sp³-hybridized carbons (Fsp3) is 0.643. The Morgan fingerprint density at radius 2 is 2.37 bits per heavy atom. The number of amides is 1. The van der Waals surface area contributed by atoms with Crippen LogP contribution in [0.1, 0.15) is 30.3 Å². The quantitative estimate of drug-likeness (QED) is 0.772. The smallest absolute Gasteiger partial charge is 0.268 e. The van der Waals surface area contributed by atoms with Crippen LogP contribution < -0.4 is 11.1 Å². The van der Waals surface area contributed by atoms with Gasteiger partial charge in [0.1, 0.15) is 5.69 Å². The van der Waals surface area contributed by atoms with Gasteiger partial charge in [0.15, 0.2) is 0 Å². The molecule has 1 heterocycles. The summed E-state index contributed by atoms with van der Waals surface area (Å²) >= 11 is 0. The van der Waals surface area contributed by atoms with E-state index < -0.39 is 0 Å². The average Bonchev–Trinajstić information content (AvgIpc) is 3.16. The predicted octanol–water partition coefficient (Wildman–Crippen LogP) is 0.992. The summed E-state index contributed by atoms with van der Waals surface area (Å²) in [6, 6.07) is 3.70. The highest BCUT2D eigenvalue weighted by Crippen LogP contribution is 2.39. The zero-order chi connectivity index (χ0) is 13.9. The minimum Gasteiger partial charge on any atom is -0.383 e. The number of hydrogen-bond donors (Lipinski definition) is 2. The number of methoxy groups -OCH3 is 1. The number of ether oxygens (including phenoxy) is 1. The summed E-state index contributed by atoms with van der Waals surface area (Å²) in [6.07, 6.45) is 4.20. The number of nitrogens with zero attached hydrogens (tertiary/aromatic N) is 1. The van der Waals surface area contributed by atoms with Crippen LogP contribution in [0.4, 0.5) is 0 Å². The lowest BCUT2D eigenvalue weighted by Gasteiger charge is -2.29. The second kappa shape index (κ2) is 5.75. The molecule has 0 aliphatic heterocycles. The van der Waals surface area contributed by atoms with Crippen molar-refractivity contribution in [2.45, 2.75) is 31.8 Å². The maximum Gasteiger partial charge on any atom is 0.268 e. The van der Waals surface area contributed by atoms with E-state index in [9.17, 15) is 4.79 Å². The van der Waals surface area contributed by atoms with Crippen molar-refractivity contribution in [3.05, 3.63) is 24.0 Å². The van der Waals surface area contributed by atoms with E-state index in [1.807, 2.05) is 29.8 Å². The van der Waals surface area contributed by atoms with E-state index in [0.717, 1.165) is 12.8 Å². The molecule has 5 nitrogen and oxygen atoms in total. The van der Waals surface area contributed by atoms with Crippen molar-refractivity contribution in [2.75, 3.05) is 20.3 Å². The van der Waals surface area contributed by atoms with Crippen LogP contribution >= 0.6 is 0 Å². The van der Waals surface area contributed by atoms with Crippen molar-refractivity contribution < 1.29 is 9.53 Å². The molecule has 1 saturated carbocycles. The lowest BCUT2D eigenvalue weighted by Crippen LogP contribution is -2.53. The molecule has 1 aliphatic rings. The largest absolute Gasteiger partial charge is 0.383 e. The van der Waals surface area contributed by atoms with E-state index in [4.69, 9.17) is 10.5 Å². The van der Waals surface area contributed by atoms with Crippen LogP contribution in [0.3, 0.4) is 0 Å². The van der Waals surface area contributed by atoms with E-state index in [2.05, 4.69) is 5.32 Å². The zero-order valence-electron chi connectivity index (χ0n) is 11.7. The van der Waals surface area contributed by atoms with Crippen LogP contribution in [0.5, 0.6) is 0 Å². The third-order valence-electron chi connectivity index (χ3n) is 3.90. The van der Waals surface area contributed by atoms with Gasteiger partial charge in [-0.2, -0.15) is 0 Å². The summed E-state index contributed by atoms with van der Waals surface area (Å²) in [4.78, 5) is 12.4. The maximum absolute atomic E-state index is 12.4. The number of nitrogens with one attached hydrogen (secondary N) is 1. The zero-order valence-corrected chi connectivity index (χ0v) is 11.7. The first-order valence-corrected chi connectivity index (χ1v) is 6.77. The molecule has 3 N–H and O–H groups in total. The second-order valence-corrected chi connectivity index (χ2v) is 5.43. The minimum absolute atomic E-state index is 0.0547. The topological polar surface area (TPSA) is 69.3 Å². The SMILES string of the molecule is COCCn1cccc1C(=O)NC(C)(CN)C1CC1. The Balaban J connectivity index is 2.05. The Hall–Kier alpha value is -1.33. The Kier molecular flexibility index (Phi) is 4.27. The van der Waals surface area contributed by atoms with Crippen molar-refractivity contribution in [1.82, 2.24) is 9.88 Å². The molecule has 1 fully saturated rings. The molecule has 0 saturated heterocycles. The first kappa shape index (κ1) is 14.1. The molecule has 1 aromatic rings. The van der Waals surface area contributed by atoms with Crippen LogP contribution in [-0.2, 0) is 11.3 Å². The van der Waals surface area contributed by atoms with E-state index in [0.29, 0.717) is 31.3 Å². The van der Waals surface area contributed by atoms with Gasteiger partial charge < -0.3 is 20.4 Å². The average molecular weight is 265 g/mol. The van der Waals surface area contributed by atoms with E-state index in [-0.39, 0.29) is 11.4 Å². The molecule has 1 aromatic heterocycles. The maximum atomic E-state index is 12.4. The van der Waals surface area contributed by atoms with E-state index in [1.165, 1.54) is 0 Å². The first-order chi connectivity index (χ1) is 9.10. The third kappa shape index (κ3) is 3.16. The molecule has 1 unspecified atom stereocenters. The summed E-state index contributed by atoms with van der Waals surface area (Å²) in [7, 11) is 1.65. The van der Waals surface area contributed by atoms with Gasteiger partial charge in [-0.25, -0.2) is 0 Å². The van der Waals surface area contributed by atoms with Crippen LogP contribution in [0, 0.1) is 5.92 Å². The van der Waals surface area contributed by atoms with Gasteiger partial charge in [-0.05, 0) is 37.8 Å². The highest BCUT2D eigenvalue weighted by Gasteiger charge is 2.41. The van der Waals surface area contributed by atoms with E-state index in [1.54, 1.807) is 7.11 Å². The molecule has 19 heavy (non-hydrogen) atoms. The van der Waals surface area contributed by atoms with Crippen molar-refractivity contribution in [3.63, 3.8) is 0 Å². The number of rotatable bonds is 7. The molecular weight excluding hydrogens is 242 g/mol. The normalized spacial score (nSPS) is 18.1. The molecule has 1 atom stereocenters. The summed E-state index contributed by atoms with van der Waals surface area (Å²) < 4.78 is 6.95. The summed E-state index contributed by atoms with van der Waals surface area (Å²) in [6.45, 7) is 3.77. The van der Waals surface area contributed by atoms with Crippen molar-refractivity contribution >= 4 is 5.91 Å². The molecule has 0 spiro atoms. The number of hydrogen-bond acceptors (Lipinski definition) is 3. The number of carbonyl (C=O) groups excluding carboxylic acids is 1. The fourth-order valence-corrected chi connectivity index (χ4v) is 2.37. The molecular formula is C14H23N3O2. The van der Waals surface area contributed by atoms with E-state index >= 15 is 0 Å². The van der Waals surface area contributed by atoms with Gasteiger partial charge in [0.2, 0.25) is 0 Å². The standard InChI is InChI=1S/C14H23N3O2/c1-14(10-15,11-5-6-11)16-13(18)12-4-3-7-17(12)8-9-19-2/h3-4,7,11H,5-6,8-10,15H2,1-2H3,(H,16,18). The minimum atomic E-state index is -0.284. The molecule has 0 bridgehead atoms. The summed E-state index contributed by atoms with van der Waals surface area (Å²) in [5.74, 6) is 0.463. The lowest BCUT2D eigenvalue weighted by atomic mass is 9.96. The van der Waals surface area contributed by atoms with Gasteiger partial charge in [-0.3, -0.25) is 4.79 Å². The van der Waals surface area contributed by atoms with Gasteiger partial charge in [0.25, 0.3) is 5.91 Å². The van der Waals surface area contributed by atoms with Crippen molar-refractivity contribution in [2.24, 2.45) is 11.7 Å². The Morgan fingerprint density at radius 3 is 2.95 bits per heavy atom. The number of nitrogens with two attached hydrogens (primary N) is 1. The monoisotopic (exact) mass is 265 g/mol. The van der Waals surface area contributed by atoms with Gasteiger partial charge >= 0.3 is 0 Å². The molecule has 106 valence electrons. The second-order valence-electron chi connectivity index (χ2n) is 5.43. The van der Waals surface area contributed by atoms with Crippen molar-refractivity contribution in [1.29, 1.82) is 0 Å². The molecule has 0 aromatic carbocycles. The summed E-state index contributed by atoms with van der Waals surface area (Å²) in [5, 5.41) is 3.10. The molecule has 2 rings (SSSR count). The molecule has 1 aliphatic carbocycles. The highest BCUT2D eigenvalue weighted by atomic mass is 16.5. The van der Waals surface area contributed by atoms with Gasteiger partial charge in [0.05, 0.1) is 12.1 Å². The van der Waals surface area contributed by atoms with Gasteiger partial charge in [-0.1, -0.05) is 0 Å². The van der Waals surface area contributed by atoms with Crippen LogP contribution in [-0.4, -0.2) is 36.3 Å². The predicted molar refractivity (Wildman–Crippen MR) is 74.0 cm³/mol. The number of carbonyl (C=O) groups is 1. The fourth-order valence-electron chi connectivity index (χ4n) is 2.37. The highest BCUT2D eigenvalue weighted by molar-refractivity contribution is 5.93. The molecule has 1 amide bonds. The van der Waals surface area contributed by atoms with Crippen LogP contribution in [0.25, 0.3) is 0 Å². The van der Waals surface area contributed by atoms with Crippen LogP contribution in [0.15, 0.2) is 18.3 Å². The Morgan fingerprint density at radius 1 is 1.63 bits per heavy atom. The Labute approximate surface area is 114 Å². The van der Waals surface area contributed by atoms with Gasteiger partial charge in [-0.15, -0.1) is 0 Å². The van der Waals surface area contributed by atoms with Gasteiger partial charge in [0, 0.05) is 26.4 Å². The first-order valence-electron chi connectivity index (χ1n) is 6.77. The third-order valence-corrected chi connectivity index (χ3v) is 3.90. The molecule has 0 radical (unpaired) electrons. The van der Waals surface area contributed by atoms with Crippen molar-refractivity contribution in [3.8, 4) is 0 Å². The molecule has 5 heteroatoms.